The molecule has 0 spiro atoms. The van der Waals surface area contributed by atoms with Crippen molar-refractivity contribution in [2.75, 3.05) is 26.3 Å². The van der Waals surface area contributed by atoms with Crippen LogP contribution in [0.15, 0.2) is 47.4 Å². The van der Waals surface area contributed by atoms with Crippen LogP contribution in [-0.2, 0) is 16.6 Å². The Kier molecular flexibility index (Phi) is 10.3. The predicted octanol–water partition coefficient (Wildman–Crippen LogP) is 0.476. The van der Waals surface area contributed by atoms with E-state index in [1.54, 1.807) is 7.05 Å². The van der Waals surface area contributed by atoms with Gasteiger partial charge in [-0.3, -0.25) is 0 Å². The number of carbonyl (C=O) groups is 2. The van der Waals surface area contributed by atoms with Gasteiger partial charge in [0.15, 0.2) is 11.5 Å². The van der Waals surface area contributed by atoms with Gasteiger partial charge in [0.05, 0.1) is 6.61 Å². The quantitative estimate of drug-likeness (QED) is 0.332. The highest BCUT2D eigenvalue weighted by Crippen LogP contribution is 2.30. The number of ether oxygens (including phenoxy) is 3. The average Bonchev–Trinajstić information content (AvgIpc) is 2.79. The number of para-hydroxylation sites is 2. The fourth-order valence-corrected chi connectivity index (χ4v) is 2.55. The smallest absolute Gasteiger partial charge is 0.366 e. The number of aromatic nitrogens is 3. The zero-order chi connectivity index (χ0) is 24.1. The van der Waals surface area contributed by atoms with Gasteiger partial charge < -0.3 is 29.7 Å². The monoisotopic (exact) mass is 462 g/mol. The lowest BCUT2D eigenvalue weighted by Gasteiger charge is -2.26. The molecular weight excluding hydrogens is 436 g/mol. The van der Waals surface area contributed by atoms with Crippen molar-refractivity contribution in [3.63, 3.8) is 0 Å². The average molecular weight is 462 g/mol. The van der Waals surface area contributed by atoms with E-state index >= 15 is 0 Å². The Labute approximate surface area is 189 Å². The van der Waals surface area contributed by atoms with Crippen molar-refractivity contribution in [3.05, 3.63) is 53.1 Å². The van der Waals surface area contributed by atoms with E-state index in [4.69, 9.17) is 24.4 Å². The molecule has 12 nitrogen and oxygen atoms in total. The van der Waals surface area contributed by atoms with Crippen molar-refractivity contribution in [1.82, 2.24) is 20.1 Å². The van der Waals surface area contributed by atoms with E-state index in [1.807, 2.05) is 24.3 Å². The number of nitrogens with one attached hydrogen (secondary N) is 1. The normalized spacial score (nSPS) is 14.3. The fraction of sp³-hybridized carbons (Fsp3) is 0.381. The van der Waals surface area contributed by atoms with Crippen LogP contribution < -0.4 is 25.2 Å². The van der Waals surface area contributed by atoms with Crippen LogP contribution in [0, 0.1) is 0 Å². The molecule has 0 aliphatic carbocycles. The zero-order valence-corrected chi connectivity index (χ0v) is 18.0. The van der Waals surface area contributed by atoms with Gasteiger partial charge in [-0.2, -0.15) is 10.1 Å². The summed E-state index contributed by atoms with van der Waals surface area (Å²) in [5.74, 6) is -0.652. The minimum absolute atomic E-state index is 0.0157. The molecule has 2 heterocycles. The van der Waals surface area contributed by atoms with E-state index in [0.717, 1.165) is 42.1 Å². The van der Waals surface area contributed by atoms with Gasteiger partial charge in [-0.05, 0) is 31.5 Å². The summed E-state index contributed by atoms with van der Waals surface area (Å²) in [4.78, 5) is 34.2. The molecule has 1 aliphatic heterocycles. The summed E-state index contributed by atoms with van der Waals surface area (Å²) in [6.07, 6.45) is 4.38. The maximum absolute atomic E-state index is 11.3. The third-order valence-corrected chi connectivity index (χ3v) is 4.13. The van der Waals surface area contributed by atoms with E-state index in [0.29, 0.717) is 25.4 Å². The number of hydrogen-bond donors (Lipinski definition) is 3. The molecule has 0 fully saturated rings. The van der Waals surface area contributed by atoms with Gasteiger partial charge in [-0.1, -0.05) is 12.1 Å². The maximum atomic E-state index is 11.3. The van der Waals surface area contributed by atoms with E-state index in [1.165, 1.54) is 6.20 Å². The molecule has 1 atom stereocenters. The van der Waals surface area contributed by atoms with E-state index in [-0.39, 0.29) is 12.0 Å². The van der Waals surface area contributed by atoms with Crippen molar-refractivity contribution >= 4 is 11.9 Å². The lowest BCUT2D eigenvalue weighted by molar-refractivity contribution is -0.134. The van der Waals surface area contributed by atoms with Crippen LogP contribution in [0.3, 0.4) is 0 Å². The fourth-order valence-electron chi connectivity index (χ4n) is 2.55. The van der Waals surface area contributed by atoms with Gasteiger partial charge in [0.25, 0.3) is 0 Å². The van der Waals surface area contributed by atoms with Crippen LogP contribution in [0.2, 0.25) is 0 Å². The van der Waals surface area contributed by atoms with E-state index < -0.39 is 17.6 Å². The van der Waals surface area contributed by atoms with Crippen LogP contribution >= 0.6 is 0 Å². The molecule has 0 unspecified atom stereocenters. The van der Waals surface area contributed by atoms with Gasteiger partial charge in [-0.15, -0.1) is 0 Å². The molecule has 2 aromatic rings. The van der Waals surface area contributed by atoms with Crippen LogP contribution in [0.5, 0.6) is 17.4 Å². The lowest BCUT2D eigenvalue weighted by Crippen LogP contribution is -2.38. The van der Waals surface area contributed by atoms with Gasteiger partial charge in [0.1, 0.15) is 18.9 Å². The van der Waals surface area contributed by atoms with Crippen molar-refractivity contribution in [2.45, 2.75) is 18.9 Å². The highest BCUT2D eigenvalue weighted by molar-refractivity contribution is 5.89. The SMILES string of the molecule is Cn1ncc(OCCCCNC[C@@H]2COc3ccccc3O2)nc1=O.O=C(O)/C=C/C(=O)O. The first kappa shape index (κ1) is 25.3. The summed E-state index contributed by atoms with van der Waals surface area (Å²) in [5, 5.41) is 22.8. The Hall–Kier alpha value is -3.93. The molecule has 3 N–H and O–H groups in total. The molecule has 0 radical (unpaired) electrons. The molecule has 12 heteroatoms. The third kappa shape index (κ3) is 9.82. The maximum Gasteiger partial charge on any atom is 0.366 e. The number of aliphatic carboxylic acids is 2. The molecule has 1 aromatic carbocycles. The summed E-state index contributed by atoms with van der Waals surface area (Å²) < 4.78 is 18.1. The Morgan fingerprint density at radius 2 is 1.91 bits per heavy atom. The first-order valence-corrected chi connectivity index (χ1v) is 10.1. The molecule has 0 saturated carbocycles. The predicted molar refractivity (Wildman–Crippen MR) is 116 cm³/mol. The first-order chi connectivity index (χ1) is 15.8. The molecule has 1 aromatic heterocycles. The zero-order valence-electron chi connectivity index (χ0n) is 18.0. The third-order valence-electron chi connectivity index (χ3n) is 4.13. The standard InChI is InChI=1S/C17H22N4O4.C4H4O4/c1-21-17(22)20-16(11-19-21)23-9-5-4-8-18-10-13-12-24-14-6-2-3-7-15(14)25-13;5-3(6)1-2-4(7)8/h2-3,6-7,11,13,18H,4-5,8-10,12H2,1H3;1-2H,(H,5,6)(H,7,8)/b;2-1+/t13-;/m1./s1. The highest BCUT2D eigenvalue weighted by Gasteiger charge is 2.19. The van der Waals surface area contributed by atoms with Crippen LogP contribution in [0.25, 0.3) is 0 Å². The summed E-state index contributed by atoms with van der Waals surface area (Å²) in [7, 11) is 1.55. The largest absolute Gasteiger partial charge is 0.486 e. The molecule has 0 bridgehead atoms. The molecule has 0 saturated heterocycles. The highest BCUT2D eigenvalue weighted by atomic mass is 16.6. The second-order valence-electron chi connectivity index (χ2n) is 6.77. The number of fused-ring (bicyclic) bond motifs is 1. The Morgan fingerprint density at radius 3 is 2.58 bits per heavy atom. The Bertz CT molecular complexity index is 992. The lowest BCUT2D eigenvalue weighted by atomic mass is 10.2. The number of rotatable bonds is 10. The molecule has 33 heavy (non-hydrogen) atoms. The Morgan fingerprint density at radius 1 is 1.21 bits per heavy atom. The summed E-state index contributed by atoms with van der Waals surface area (Å²) in [5.41, 5.74) is -0.421. The second-order valence-corrected chi connectivity index (χ2v) is 6.77. The number of carboxylic acid groups (broad SMARTS) is 2. The minimum atomic E-state index is -1.26. The van der Waals surface area contributed by atoms with Crippen molar-refractivity contribution in [3.8, 4) is 17.4 Å². The molecule has 3 rings (SSSR count). The topological polar surface area (TPSA) is 162 Å². The number of carboxylic acids is 2. The van der Waals surface area contributed by atoms with Gasteiger partial charge in [-0.25, -0.2) is 19.1 Å². The first-order valence-electron chi connectivity index (χ1n) is 10.1. The van der Waals surface area contributed by atoms with Gasteiger partial charge in [0.2, 0.25) is 5.88 Å². The van der Waals surface area contributed by atoms with Crippen molar-refractivity contribution in [1.29, 1.82) is 0 Å². The second kappa shape index (κ2) is 13.5. The number of benzene rings is 1. The van der Waals surface area contributed by atoms with Crippen LogP contribution in [0.1, 0.15) is 12.8 Å². The summed E-state index contributed by atoms with van der Waals surface area (Å²) in [6, 6.07) is 7.69. The van der Waals surface area contributed by atoms with E-state index in [2.05, 4.69) is 15.4 Å². The molecule has 0 amide bonds. The number of hydrogen-bond acceptors (Lipinski definition) is 9. The molecule has 1 aliphatic rings. The minimum Gasteiger partial charge on any atom is -0.486 e. The van der Waals surface area contributed by atoms with Crippen LogP contribution in [0.4, 0.5) is 0 Å². The summed E-state index contributed by atoms with van der Waals surface area (Å²) >= 11 is 0. The number of unbranched alkanes of at least 4 members (excludes halogenated alkanes) is 1. The van der Waals surface area contributed by atoms with Gasteiger partial charge >= 0.3 is 17.6 Å². The van der Waals surface area contributed by atoms with Gasteiger partial charge in [0, 0.05) is 25.7 Å². The van der Waals surface area contributed by atoms with Crippen molar-refractivity contribution < 1.29 is 34.0 Å². The Balaban J connectivity index is 0.000000414. The molecular formula is C21H26N4O8. The molecule has 178 valence electrons. The number of aryl methyl sites for hydroxylation is 1. The van der Waals surface area contributed by atoms with Crippen molar-refractivity contribution in [2.24, 2.45) is 7.05 Å². The number of nitrogens with zero attached hydrogens (tertiary/aromatic N) is 3. The summed E-state index contributed by atoms with van der Waals surface area (Å²) in [6.45, 7) is 2.64. The van der Waals surface area contributed by atoms with E-state index in [9.17, 15) is 14.4 Å². The van der Waals surface area contributed by atoms with Crippen LogP contribution in [-0.4, -0.2) is 69.3 Å².